The Morgan fingerprint density at radius 3 is 2.83 bits per heavy atom. The number of likely N-dealkylation sites (tertiary alicyclic amines) is 2. The number of piperidine rings is 1. The largest absolute Gasteiger partial charge is 0.340 e. The molecular weight excluding hydrogens is 304 g/mol. The van der Waals surface area contributed by atoms with Crippen LogP contribution in [0.25, 0.3) is 0 Å². The van der Waals surface area contributed by atoms with Crippen LogP contribution in [0.2, 0.25) is 0 Å². The van der Waals surface area contributed by atoms with Crippen molar-refractivity contribution >= 4 is 11.8 Å². The van der Waals surface area contributed by atoms with E-state index in [-0.39, 0.29) is 17.7 Å². The molecule has 6 heteroatoms. The van der Waals surface area contributed by atoms with Gasteiger partial charge in [-0.2, -0.15) is 0 Å². The lowest BCUT2D eigenvalue weighted by atomic mass is 10.0. The molecule has 1 aliphatic carbocycles. The summed E-state index contributed by atoms with van der Waals surface area (Å²) >= 11 is 0. The maximum Gasteiger partial charge on any atom is 0.228 e. The van der Waals surface area contributed by atoms with Crippen LogP contribution in [0.5, 0.6) is 0 Å². The molecule has 2 aliphatic heterocycles. The highest BCUT2D eigenvalue weighted by Gasteiger charge is 2.43. The van der Waals surface area contributed by atoms with Gasteiger partial charge in [0.2, 0.25) is 11.8 Å². The third-order valence-electron chi connectivity index (χ3n) is 5.66. The van der Waals surface area contributed by atoms with Gasteiger partial charge in [0.1, 0.15) is 5.82 Å². The Bertz CT molecular complexity index is 637. The van der Waals surface area contributed by atoms with Crippen LogP contribution < -0.4 is 0 Å². The van der Waals surface area contributed by atoms with E-state index < -0.39 is 0 Å². The van der Waals surface area contributed by atoms with Crippen molar-refractivity contribution in [1.82, 2.24) is 19.4 Å². The number of nitrogens with zero attached hydrogens (tertiary/aromatic N) is 4. The average molecular weight is 330 g/mol. The van der Waals surface area contributed by atoms with Gasteiger partial charge in [0, 0.05) is 50.9 Å². The number of aryl methyl sites for hydroxylation is 1. The summed E-state index contributed by atoms with van der Waals surface area (Å²) < 4.78 is 2.23. The molecule has 3 fully saturated rings. The first-order chi connectivity index (χ1) is 11.7. The molecule has 4 rings (SSSR count). The molecule has 1 aromatic rings. The van der Waals surface area contributed by atoms with Crippen molar-refractivity contribution < 1.29 is 9.59 Å². The van der Waals surface area contributed by atoms with E-state index in [2.05, 4.69) is 16.5 Å². The van der Waals surface area contributed by atoms with Crippen LogP contribution >= 0.6 is 0 Å². The molecule has 3 heterocycles. The van der Waals surface area contributed by atoms with E-state index in [4.69, 9.17) is 0 Å². The molecule has 0 bridgehead atoms. The highest BCUT2D eigenvalue weighted by molar-refractivity contribution is 5.89. The fourth-order valence-corrected chi connectivity index (χ4v) is 4.23. The normalized spacial score (nSPS) is 27.8. The molecule has 0 radical (unpaired) electrons. The molecule has 130 valence electrons. The van der Waals surface area contributed by atoms with Gasteiger partial charge >= 0.3 is 0 Å². The Morgan fingerprint density at radius 2 is 2.08 bits per heavy atom. The standard InChI is InChI=1S/C18H26N4O2/c1-2-16-19-7-9-21(16)15-4-3-8-20(12-15)18(24)13-10-17(23)22(11-13)14-5-6-14/h7,9,13-15H,2-6,8,10-12H2,1H3/t13-,15+/m0/s1. The zero-order valence-electron chi connectivity index (χ0n) is 14.4. The predicted molar refractivity (Wildman–Crippen MR) is 89.3 cm³/mol. The first kappa shape index (κ1) is 15.7. The topological polar surface area (TPSA) is 58.4 Å². The first-order valence-corrected chi connectivity index (χ1v) is 9.27. The van der Waals surface area contributed by atoms with Gasteiger partial charge in [0.25, 0.3) is 0 Å². The summed E-state index contributed by atoms with van der Waals surface area (Å²) in [5, 5.41) is 0. The zero-order chi connectivity index (χ0) is 16.7. The van der Waals surface area contributed by atoms with Gasteiger partial charge in [-0.1, -0.05) is 6.92 Å². The van der Waals surface area contributed by atoms with Crippen LogP contribution in [0, 0.1) is 5.92 Å². The number of rotatable bonds is 4. The smallest absolute Gasteiger partial charge is 0.228 e. The van der Waals surface area contributed by atoms with Crippen molar-refractivity contribution in [3.63, 3.8) is 0 Å². The van der Waals surface area contributed by atoms with Gasteiger partial charge < -0.3 is 14.4 Å². The Balaban J connectivity index is 1.42. The molecule has 2 atom stereocenters. The lowest BCUT2D eigenvalue weighted by Crippen LogP contribution is -2.44. The summed E-state index contributed by atoms with van der Waals surface area (Å²) in [5.41, 5.74) is 0. The van der Waals surface area contributed by atoms with Gasteiger partial charge in [-0.3, -0.25) is 9.59 Å². The monoisotopic (exact) mass is 330 g/mol. The minimum atomic E-state index is -0.134. The fraction of sp³-hybridized carbons (Fsp3) is 0.722. The number of aromatic nitrogens is 2. The first-order valence-electron chi connectivity index (χ1n) is 9.27. The average Bonchev–Trinajstić information content (AvgIpc) is 3.20. The van der Waals surface area contributed by atoms with Crippen molar-refractivity contribution in [2.75, 3.05) is 19.6 Å². The Labute approximate surface area is 142 Å². The highest BCUT2D eigenvalue weighted by atomic mass is 16.2. The van der Waals surface area contributed by atoms with Crippen LogP contribution in [0.1, 0.15) is 50.9 Å². The van der Waals surface area contributed by atoms with Gasteiger partial charge in [0.05, 0.1) is 12.0 Å². The second-order valence-electron chi connectivity index (χ2n) is 7.36. The number of carbonyl (C=O) groups excluding carboxylic acids is 2. The van der Waals surface area contributed by atoms with Crippen LogP contribution in [0.15, 0.2) is 12.4 Å². The minimum Gasteiger partial charge on any atom is -0.340 e. The molecule has 2 saturated heterocycles. The highest BCUT2D eigenvalue weighted by Crippen LogP contribution is 2.34. The predicted octanol–water partition coefficient (Wildman–Crippen LogP) is 1.62. The van der Waals surface area contributed by atoms with E-state index in [1.54, 1.807) is 0 Å². The van der Waals surface area contributed by atoms with Crippen LogP contribution in [0.4, 0.5) is 0 Å². The van der Waals surface area contributed by atoms with Crippen molar-refractivity contribution in [3.05, 3.63) is 18.2 Å². The lowest BCUT2D eigenvalue weighted by molar-refractivity contribution is -0.137. The minimum absolute atomic E-state index is 0.134. The Kier molecular flexibility index (Phi) is 4.06. The van der Waals surface area contributed by atoms with Crippen molar-refractivity contribution in [2.24, 2.45) is 5.92 Å². The molecule has 1 aromatic heterocycles. The fourth-order valence-electron chi connectivity index (χ4n) is 4.23. The number of carbonyl (C=O) groups is 2. The molecular formula is C18H26N4O2. The lowest BCUT2D eigenvalue weighted by Gasteiger charge is -2.35. The molecule has 6 nitrogen and oxygen atoms in total. The summed E-state index contributed by atoms with van der Waals surface area (Å²) in [4.78, 5) is 33.4. The van der Waals surface area contributed by atoms with E-state index in [0.29, 0.717) is 25.0 Å². The van der Waals surface area contributed by atoms with Gasteiger partial charge in [-0.15, -0.1) is 0 Å². The quantitative estimate of drug-likeness (QED) is 0.843. The number of imidazole rings is 1. The van der Waals surface area contributed by atoms with Crippen LogP contribution in [-0.4, -0.2) is 56.8 Å². The van der Waals surface area contributed by atoms with E-state index in [0.717, 1.165) is 51.0 Å². The summed E-state index contributed by atoms with van der Waals surface area (Å²) in [5.74, 6) is 1.30. The summed E-state index contributed by atoms with van der Waals surface area (Å²) in [6.07, 6.45) is 9.52. The maximum absolute atomic E-state index is 12.9. The third kappa shape index (κ3) is 2.82. The molecule has 2 amide bonds. The van der Waals surface area contributed by atoms with Gasteiger partial charge in [-0.05, 0) is 25.7 Å². The van der Waals surface area contributed by atoms with Crippen LogP contribution in [-0.2, 0) is 16.0 Å². The second kappa shape index (κ2) is 6.22. The molecule has 0 unspecified atom stereocenters. The molecule has 0 spiro atoms. The third-order valence-corrected chi connectivity index (χ3v) is 5.66. The van der Waals surface area contributed by atoms with Crippen molar-refractivity contribution in [3.8, 4) is 0 Å². The summed E-state index contributed by atoms with van der Waals surface area (Å²) in [6.45, 7) is 4.31. The number of hydrogen-bond donors (Lipinski definition) is 0. The van der Waals surface area contributed by atoms with E-state index >= 15 is 0 Å². The molecule has 0 N–H and O–H groups in total. The molecule has 24 heavy (non-hydrogen) atoms. The SMILES string of the molecule is CCc1nccn1[C@@H]1CCCN(C(=O)[C@H]2CC(=O)N(C3CC3)C2)C1. The Hall–Kier alpha value is -1.85. The Morgan fingerprint density at radius 1 is 1.25 bits per heavy atom. The van der Waals surface area contributed by atoms with Crippen molar-refractivity contribution in [1.29, 1.82) is 0 Å². The van der Waals surface area contributed by atoms with E-state index in [1.807, 2.05) is 22.2 Å². The number of amides is 2. The molecule has 3 aliphatic rings. The van der Waals surface area contributed by atoms with E-state index in [1.165, 1.54) is 0 Å². The second-order valence-corrected chi connectivity index (χ2v) is 7.36. The van der Waals surface area contributed by atoms with Gasteiger partial charge in [0.15, 0.2) is 0 Å². The summed E-state index contributed by atoms with van der Waals surface area (Å²) in [6, 6.07) is 0.735. The molecule has 0 aromatic carbocycles. The van der Waals surface area contributed by atoms with E-state index in [9.17, 15) is 9.59 Å². The molecule has 1 saturated carbocycles. The maximum atomic E-state index is 12.9. The van der Waals surface area contributed by atoms with Crippen molar-refractivity contribution in [2.45, 2.75) is 57.5 Å². The van der Waals surface area contributed by atoms with Crippen LogP contribution in [0.3, 0.4) is 0 Å². The van der Waals surface area contributed by atoms with Gasteiger partial charge in [-0.25, -0.2) is 4.98 Å². The zero-order valence-corrected chi connectivity index (χ0v) is 14.4. The number of hydrogen-bond acceptors (Lipinski definition) is 3. The summed E-state index contributed by atoms with van der Waals surface area (Å²) in [7, 11) is 0.